The van der Waals surface area contributed by atoms with Crippen molar-refractivity contribution in [1.82, 2.24) is 14.9 Å². The second kappa shape index (κ2) is 5.95. The zero-order valence-corrected chi connectivity index (χ0v) is 12.7. The molecule has 1 heterocycles. The minimum Gasteiger partial charge on any atom is -0.368 e. The van der Waals surface area contributed by atoms with Crippen molar-refractivity contribution in [1.29, 1.82) is 0 Å². The minimum atomic E-state index is -0.645. The molecule has 1 saturated carbocycles. The van der Waals surface area contributed by atoms with Gasteiger partial charge in [-0.2, -0.15) is 0 Å². The average molecular weight is 278 g/mol. The molecule has 1 aromatic rings. The monoisotopic (exact) mass is 278 g/mol. The number of nitrogens with zero attached hydrogens (tertiary/aromatic N) is 2. The van der Waals surface area contributed by atoms with Gasteiger partial charge in [0.05, 0.1) is 5.54 Å². The molecule has 0 saturated heterocycles. The standard InChI is InChI=1S/C15H26N4O/c1-4-5-13-17-8-9-19(13)11(2)10-15(3,14(16)20)18-12-6-7-12/h8-9,11-12,18H,4-7,10H2,1-3H3,(H2,16,20). The van der Waals surface area contributed by atoms with Gasteiger partial charge in [-0.1, -0.05) is 6.92 Å². The van der Waals surface area contributed by atoms with Crippen LogP contribution in [0.2, 0.25) is 0 Å². The van der Waals surface area contributed by atoms with Gasteiger partial charge in [0.1, 0.15) is 5.82 Å². The number of hydrogen-bond acceptors (Lipinski definition) is 3. The van der Waals surface area contributed by atoms with Crippen molar-refractivity contribution in [2.24, 2.45) is 5.73 Å². The van der Waals surface area contributed by atoms with E-state index in [0.717, 1.165) is 31.5 Å². The Balaban J connectivity index is 2.08. The second-order valence-electron chi connectivity index (χ2n) is 6.17. The van der Waals surface area contributed by atoms with E-state index in [4.69, 9.17) is 5.73 Å². The fraction of sp³-hybridized carbons (Fsp3) is 0.733. The van der Waals surface area contributed by atoms with E-state index < -0.39 is 5.54 Å². The summed E-state index contributed by atoms with van der Waals surface area (Å²) in [5, 5.41) is 3.40. The summed E-state index contributed by atoms with van der Waals surface area (Å²) < 4.78 is 2.17. The zero-order chi connectivity index (χ0) is 14.8. The van der Waals surface area contributed by atoms with Crippen molar-refractivity contribution in [3.8, 4) is 0 Å². The van der Waals surface area contributed by atoms with E-state index in [1.54, 1.807) is 0 Å². The number of imidazole rings is 1. The van der Waals surface area contributed by atoms with Crippen LogP contribution in [0.15, 0.2) is 12.4 Å². The fourth-order valence-electron chi connectivity index (χ4n) is 2.76. The number of hydrogen-bond donors (Lipinski definition) is 2. The Morgan fingerprint density at radius 3 is 2.90 bits per heavy atom. The summed E-state index contributed by atoms with van der Waals surface area (Å²) in [6.45, 7) is 6.18. The van der Waals surface area contributed by atoms with Gasteiger partial charge < -0.3 is 15.6 Å². The maximum absolute atomic E-state index is 11.8. The number of carbonyl (C=O) groups excluding carboxylic acids is 1. The van der Waals surface area contributed by atoms with Crippen LogP contribution >= 0.6 is 0 Å². The van der Waals surface area contributed by atoms with Crippen molar-refractivity contribution >= 4 is 5.91 Å². The number of nitrogens with one attached hydrogen (secondary N) is 1. The first kappa shape index (κ1) is 15.0. The van der Waals surface area contributed by atoms with Gasteiger partial charge in [0.25, 0.3) is 0 Å². The van der Waals surface area contributed by atoms with Crippen molar-refractivity contribution in [2.75, 3.05) is 0 Å². The molecule has 1 aliphatic carbocycles. The Hall–Kier alpha value is -1.36. The third kappa shape index (κ3) is 3.39. The van der Waals surface area contributed by atoms with E-state index in [2.05, 4.69) is 28.7 Å². The lowest BCUT2D eigenvalue weighted by molar-refractivity contribution is -0.124. The fourth-order valence-corrected chi connectivity index (χ4v) is 2.76. The van der Waals surface area contributed by atoms with E-state index in [1.165, 1.54) is 0 Å². The van der Waals surface area contributed by atoms with E-state index in [-0.39, 0.29) is 11.9 Å². The van der Waals surface area contributed by atoms with Crippen LogP contribution in [0.25, 0.3) is 0 Å². The molecule has 1 fully saturated rings. The molecule has 20 heavy (non-hydrogen) atoms. The van der Waals surface area contributed by atoms with Crippen LogP contribution in [-0.4, -0.2) is 27.0 Å². The molecule has 0 aliphatic heterocycles. The van der Waals surface area contributed by atoms with E-state index in [1.807, 2.05) is 19.3 Å². The van der Waals surface area contributed by atoms with Crippen LogP contribution < -0.4 is 11.1 Å². The quantitative estimate of drug-likeness (QED) is 0.761. The molecule has 5 heteroatoms. The number of rotatable bonds is 8. The summed E-state index contributed by atoms with van der Waals surface area (Å²) in [7, 11) is 0. The Labute approximate surface area is 120 Å². The van der Waals surface area contributed by atoms with Crippen LogP contribution in [0, 0.1) is 0 Å². The lowest BCUT2D eigenvalue weighted by Crippen LogP contribution is -2.55. The van der Waals surface area contributed by atoms with Crippen molar-refractivity contribution in [3.05, 3.63) is 18.2 Å². The summed E-state index contributed by atoms with van der Waals surface area (Å²) in [6, 6.07) is 0.653. The molecule has 3 N–H and O–H groups in total. The zero-order valence-electron chi connectivity index (χ0n) is 12.7. The molecule has 0 aromatic carbocycles. The van der Waals surface area contributed by atoms with Crippen molar-refractivity contribution < 1.29 is 4.79 Å². The van der Waals surface area contributed by atoms with Crippen LogP contribution in [0.3, 0.4) is 0 Å². The normalized spacial score (nSPS) is 19.6. The van der Waals surface area contributed by atoms with E-state index >= 15 is 0 Å². The third-order valence-corrected chi connectivity index (χ3v) is 4.04. The van der Waals surface area contributed by atoms with Crippen LogP contribution in [0.5, 0.6) is 0 Å². The molecule has 2 unspecified atom stereocenters. The van der Waals surface area contributed by atoms with Crippen LogP contribution in [-0.2, 0) is 11.2 Å². The van der Waals surface area contributed by atoms with Crippen LogP contribution in [0.4, 0.5) is 0 Å². The SMILES string of the molecule is CCCc1nccn1C(C)CC(C)(NC1CC1)C(N)=O. The first-order chi connectivity index (χ1) is 9.46. The van der Waals surface area contributed by atoms with Gasteiger partial charge in [-0.25, -0.2) is 4.98 Å². The van der Waals surface area contributed by atoms with Crippen molar-refractivity contribution in [2.45, 2.75) is 70.5 Å². The molecule has 0 bridgehead atoms. The molecule has 5 nitrogen and oxygen atoms in total. The Morgan fingerprint density at radius 1 is 1.65 bits per heavy atom. The molecule has 1 aromatic heterocycles. The highest BCUT2D eigenvalue weighted by Crippen LogP contribution is 2.28. The smallest absolute Gasteiger partial charge is 0.237 e. The van der Waals surface area contributed by atoms with Crippen molar-refractivity contribution in [3.63, 3.8) is 0 Å². The van der Waals surface area contributed by atoms with Gasteiger partial charge in [0, 0.05) is 30.9 Å². The molecule has 1 amide bonds. The Morgan fingerprint density at radius 2 is 2.35 bits per heavy atom. The highest BCUT2D eigenvalue weighted by Gasteiger charge is 2.38. The van der Waals surface area contributed by atoms with Gasteiger partial charge in [0.15, 0.2) is 0 Å². The number of aryl methyl sites for hydroxylation is 1. The third-order valence-electron chi connectivity index (χ3n) is 4.04. The number of nitrogens with two attached hydrogens (primary N) is 1. The molecule has 2 rings (SSSR count). The van der Waals surface area contributed by atoms with Gasteiger partial charge in [0.2, 0.25) is 5.91 Å². The summed E-state index contributed by atoms with van der Waals surface area (Å²) in [6.07, 6.45) is 8.82. The van der Waals surface area contributed by atoms with Gasteiger partial charge in [-0.15, -0.1) is 0 Å². The summed E-state index contributed by atoms with van der Waals surface area (Å²) in [4.78, 5) is 16.2. The minimum absolute atomic E-state index is 0.197. The van der Waals surface area contributed by atoms with Gasteiger partial charge in [-0.05, 0) is 39.5 Å². The molecule has 2 atom stereocenters. The maximum Gasteiger partial charge on any atom is 0.237 e. The lowest BCUT2D eigenvalue weighted by atomic mass is 9.92. The van der Waals surface area contributed by atoms with E-state index in [9.17, 15) is 4.79 Å². The number of amides is 1. The van der Waals surface area contributed by atoms with Crippen LogP contribution in [0.1, 0.15) is 58.3 Å². The first-order valence-electron chi connectivity index (χ1n) is 7.55. The predicted molar refractivity (Wildman–Crippen MR) is 79.3 cm³/mol. The topological polar surface area (TPSA) is 72.9 Å². The molecule has 112 valence electrons. The number of aromatic nitrogens is 2. The first-order valence-corrected chi connectivity index (χ1v) is 7.55. The second-order valence-corrected chi connectivity index (χ2v) is 6.17. The lowest BCUT2D eigenvalue weighted by Gasteiger charge is -2.31. The molecular weight excluding hydrogens is 252 g/mol. The molecule has 0 spiro atoms. The van der Waals surface area contributed by atoms with Gasteiger partial charge in [-0.3, -0.25) is 4.79 Å². The summed E-state index contributed by atoms with van der Waals surface area (Å²) in [5.74, 6) is 0.812. The highest BCUT2D eigenvalue weighted by molar-refractivity contribution is 5.84. The Kier molecular flexibility index (Phi) is 4.48. The number of primary amides is 1. The average Bonchev–Trinajstić information content (AvgIpc) is 3.05. The number of carbonyl (C=O) groups is 1. The Bertz CT molecular complexity index is 466. The van der Waals surface area contributed by atoms with Gasteiger partial charge >= 0.3 is 0 Å². The maximum atomic E-state index is 11.8. The largest absolute Gasteiger partial charge is 0.368 e. The molecule has 0 radical (unpaired) electrons. The molecule has 1 aliphatic rings. The summed E-state index contributed by atoms with van der Waals surface area (Å²) in [5.41, 5.74) is 4.97. The molecular formula is C15H26N4O. The summed E-state index contributed by atoms with van der Waals surface area (Å²) >= 11 is 0. The highest BCUT2D eigenvalue weighted by atomic mass is 16.1. The van der Waals surface area contributed by atoms with E-state index in [0.29, 0.717) is 12.5 Å². The predicted octanol–water partition coefficient (Wildman–Crippen LogP) is 1.78.